The summed E-state index contributed by atoms with van der Waals surface area (Å²) in [7, 11) is 1.61. The molecule has 1 aromatic rings. The van der Waals surface area contributed by atoms with E-state index >= 15 is 0 Å². The molecule has 1 N–H and O–H groups in total. The van der Waals surface area contributed by atoms with Crippen LogP contribution in [-0.4, -0.2) is 13.2 Å². The molecule has 0 aromatic heterocycles. The van der Waals surface area contributed by atoms with Gasteiger partial charge in [0.25, 0.3) is 0 Å². The number of hydrogen-bond acceptors (Lipinski definition) is 3. The third-order valence-electron chi connectivity index (χ3n) is 4.34. The van der Waals surface area contributed by atoms with Crippen molar-refractivity contribution in [3.63, 3.8) is 0 Å². The number of nitrogens with zero attached hydrogens (tertiary/aromatic N) is 1. The molecule has 1 aliphatic rings. The molecule has 0 heterocycles. The number of nitrogens with one attached hydrogen (secondary N) is 1. The highest BCUT2D eigenvalue weighted by Gasteiger charge is 2.20. The van der Waals surface area contributed by atoms with Gasteiger partial charge in [-0.3, -0.25) is 0 Å². The largest absolute Gasteiger partial charge is 0.495 e. The van der Waals surface area contributed by atoms with Gasteiger partial charge in [0.2, 0.25) is 0 Å². The van der Waals surface area contributed by atoms with Gasteiger partial charge in [0, 0.05) is 12.6 Å². The van der Waals surface area contributed by atoms with Crippen molar-refractivity contribution in [3.8, 4) is 11.8 Å². The molecule has 108 valence electrons. The summed E-state index contributed by atoms with van der Waals surface area (Å²) in [4.78, 5) is 0. The molecular formula is C17H24N2O. The zero-order valence-electron chi connectivity index (χ0n) is 12.5. The molecule has 3 heteroatoms. The Morgan fingerprint density at radius 3 is 2.95 bits per heavy atom. The molecule has 3 nitrogen and oxygen atoms in total. The molecule has 0 bridgehead atoms. The van der Waals surface area contributed by atoms with Gasteiger partial charge in [-0.05, 0) is 36.5 Å². The molecule has 1 fully saturated rings. The van der Waals surface area contributed by atoms with Crippen LogP contribution in [0.1, 0.15) is 50.2 Å². The third-order valence-corrected chi connectivity index (χ3v) is 4.34. The number of rotatable bonds is 5. The van der Waals surface area contributed by atoms with Crippen molar-refractivity contribution in [3.05, 3.63) is 29.3 Å². The van der Waals surface area contributed by atoms with E-state index in [-0.39, 0.29) is 0 Å². The Kier molecular flexibility index (Phi) is 5.43. The molecule has 0 amide bonds. The van der Waals surface area contributed by atoms with Crippen LogP contribution in [0, 0.1) is 17.2 Å². The molecule has 1 aliphatic carbocycles. The van der Waals surface area contributed by atoms with Gasteiger partial charge >= 0.3 is 0 Å². The number of benzene rings is 1. The predicted molar refractivity (Wildman–Crippen MR) is 80.6 cm³/mol. The van der Waals surface area contributed by atoms with Crippen molar-refractivity contribution in [2.75, 3.05) is 7.11 Å². The summed E-state index contributed by atoms with van der Waals surface area (Å²) in [5.41, 5.74) is 1.78. The minimum atomic E-state index is 0.597. The number of ether oxygens (including phenoxy) is 1. The second kappa shape index (κ2) is 7.31. The summed E-state index contributed by atoms with van der Waals surface area (Å²) >= 11 is 0. The first kappa shape index (κ1) is 14.9. The topological polar surface area (TPSA) is 45.0 Å². The predicted octanol–water partition coefficient (Wildman–Crippen LogP) is 3.63. The van der Waals surface area contributed by atoms with E-state index in [1.807, 2.05) is 18.2 Å². The molecule has 0 aliphatic heterocycles. The highest BCUT2D eigenvalue weighted by Crippen LogP contribution is 2.27. The maximum absolute atomic E-state index is 8.98. The maximum Gasteiger partial charge on any atom is 0.136 e. The van der Waals surface area contributed by atoms with Crippen LogP contribution in [0.25, 0.3) is 0 Å². The van der Waals surface area contributed by atoms with E-state index in [4.69, 9.17) is 10.00 Å². The fraction of sp³-hybridized carbons (Fsp3) is 0.588. The van der Waals surface area contributed by atoms with Crippen molar-refractivity contribution in [1.29, 1.82) is 5.26 Å². The van der Waals surface area contributed by atoms with E-state index in [2.05, 4.69) is 18.3 Å². The average molecular weight is 272 g/mol. The molecule has 1 aromatic carbocycles. The summed E-state index contributed by atoms with van der Waals surface area (Å²) in [5, 5.41) is 12.6. The van der Waals surface area contributed by atoms with Crippen LogP contribution in [0.3, 0.4) is 0 Å². The Balaban J connectivity index is 1.92. The monoisotopic (exact) mass is 272 g/mol. The average Bonchev–Trinajstić information content (AvgIpc) is 2.52. The molecular weight excluding hydrogens is 248 g/mol. The molecule has 2 atom stereocenters. The van der Waals surface area contributed by atoms with Gasteiger partial charge in [-0.15, -0.1) is 0 Å². The minimum absolute atomic E-state index is 0.597. The van der Waals surface area contributed by atoms with Crippen LogP contribution >= 0.6 is 0 Å². The van der Waals surface area contributed by atoms with Crippen molar-refractivity contribution < 1.29 is 4.74 Å². The number of nitriles is 1. The highest BCUT2D eigenvalue weighted by atomic mass is 16.5. The normalized spacial score (nSPS) is 22.2. The lowest BCUT2D eigenvalue weighted by molar-refractivity contribution is 0.278. The fourth-order valence-corrected chi connectivity index (χ4v) is 3.05. The van der Waals surface area contributed by atoms with Gasteiger partial charge in [-0.25, -0.2) is 0 Å². The van der Waals surface area contributed by atoms with Crippen molar-refractivity contribution in [2.45, 2.75) is 51.6 Å². The smallest absolute Gasteiger partial charge is 0.136 e. The molecule has 0 spiro atoms. The zero-order chi connectivity index (χ0) is 14.4. The Morgan fingerprint density at radius 2 is 2.25 bits per heavy atom. The van der Waals surface area contributed by atoms with Crippen LogP contribution < -0.4 is 10.1 Å². The number of methoxy groups -OCH3 is 1. The molecule has 0 saturated heterocycles. The van der Waals surface area contributed by atoms with Gasteiger partial charge in [0.15, 0.2) is 0 Å². The quantitative estimate of drug-likeness (QED) is 0.890. The Hall–Kier alpha value is -1.53. The second-order valence-corrected chi connectivity index (χ2v) is 5.67. The van der Waals surface area contributed by atoms with Gasteiger partial charge < -0.3 is 10.1 Å². The van der Waals surface area contributed by atoms with Gasteiger partial charge in [0.05, 0.1) is 12.7 Å². The standard InChI is InChI=1S/C17H24N2O/c1-3-13-5-4-6-16(9-13)19-12-14-7-8-15(11-18)17(10-14)20-2/h7-8,10,13,16,19H,3-6,9,12H2,1-2H3. The van der Waals surface area contributed by atoms with E-state index in [1.165, 1.54) is 37.7 Å². The van der Waals surface area contributed by atoms with Crippen LogP contribution in [0.5, 0.6) is 5.75 Å². The van der Waals surface area contributed by atoms with E-state index in [9.17, 15) is 0 Å². The van der Waals surface area contributed by atoms with Crippen LogP contribution in [-0.2, 0) is 6.54 Å². The van der Waals surface area contributed by atoms with Crippen molar-refractivity contribution in [1.82, 2.24) is 5.32 Å². The summed E-state index contributed by atoms with van der Waals surface area (Å²) in [5.74, 6) is 1.55. The highest BCUT2D eigenvalue weighted by molar-refractivity contribution is 5.45. The van der Waals surface area contributed by atoms with E-state index in [1.54, 1.807) is 7.11 Å². The SMILES string of the molecule is CCC1CCCC(NCc2ccc(C#N)c(OC)c2)C1. The first-order chi connectivity index (χ1) is 9.76. The number of hydrogen-bond donors (Lipinski definition) is 1. The maximum atomic E-state index is 8.98. The summed E-state index contributed by atoms with van der Waals surface area (Å²) in [6.07, 6.45) is 6.60. The Bertz CT molecular complexity index is 478. The van der Waals surface area contributed by atoms with Crippen LogP contribution in [0.2, 0.25) is 0 Å². The van der Waals surface area contributed by atoms with Crippen molar-refractivity contribution in [2.24, 2.45) is 5.92 Å². The van der Waals surface area contributed by atoms with E-state index in [0.717, 1.165) is 12.5 Å². The fourth-order valence-electron chi connectivity index (χ4n) is 3.05. The zero-order valence-corrected chi connectivity index (χ0v) is 12.5. The van der Waals surface area contributed by atoms with Gasteiger partial charge in [-0.2, -0.15) is 5.26 Å². The summed E-state index contributed by atoms with van der Waals surface area (Å²) in [6, 6.07) is 8.59. The molecule has 2 unspecified atom stereocenters. The van der Waals surface area contributed by atoms with Crippen LogP contribution in [0.4, 0.5) is 0 Å². The van der Waals surface area contributed by atoms with Crippen LogP contribution in [0.15, 0.2) is 18.2 Å². The first-order valence-corrected chi connectivity index (χ1v) is 7.57. The van der Waals surface area contributed by atoms with E-state index in [0.29, 0.717) is 17.4 Å². The minimum Gasteiger partial charge on any atom is -0.495 e. The summed E-state index contributed by atoms with van der Waals surface area (Å²) < 4.78 is 5.25. The lowest BCUT2D eigenvalue weighted by atomic mass is 9.84. The van der Waals surface area contributed by atoms with Gasteiger partial charge in [-0.1, -0.05) is 32.3 Å². The summed E-state index contributed by atoms with van der Waals surface area (Å²) in [6.45, 7) is 3.14. The lowest BCUT2D eigenvalue weighted by Crippen LogP contribution is -2.33. The molecule has 20 heavy (non-hydrogen) atoms. The van der Waals surface area contributed by atoms with Gasteiger partial charge in [0.1, 0.15) is 11.8 Å². The van der Waals surface area contributed by atoms with Crippen molar-refractivity contribution >= 4 is 0 Å². The van der Waals surface area contributed by atoms with E-state index < -0.39 is 0 Å². The molecule has 0 radical (unpaired) electrons. The first-order valence-electron chi connectivity index (χ1n) is 7.57. The molecule has 2 rings (SSSR count). The Morgan fingerprint density at radius 1 is 1.40 bits per heavy atom. The molecule has 1 saturated carbocycles. The lowest BCUT2D eigenvalue weighted by Gasteiger charge is -2.29. The third kappa shape index (κ3) is 3.74. The second-order valence-electron chi connectivity index (χ2n) is 5.67. The Labute approximate surface area is 121 Å².